The second-order valence-corrected chi connectivity index (χ2v) is 6.30. The summed E-state index contributed by atoms with van der Waals surface area (Å²) in [5.41, 5.74) is 0.613. The summed E-state index contributed by atoms with van der Waals surface area (Å²) in [6.45, 7) is 0. The standard InChI is InChI=1S/C14H18O3S/c1-17-12-8-6-11(7-9-12)14(15)10-18(16)13-4-2-3-5-13/h6-9,13H,2-5,10H2,1H3. The Morgan fingerprint density at radius 1 is 1.28 bits per heavy atom. The van der Waals surface area contributed by atoms with Gasteiger partial charge in [0.2, 0.25) is 0 Å². The van der Waals surface area contributed by atoms with E-state index in [1.807, 2.05) is 0 Å². The van der Waals surface area contributed by atoms with Gasteiger partial charge in [-0.1, -0.05) is 12.8 Å². The van der Waals surface area contributed by atoms with Gasteiger partial charge in [0.1, 0.15) is 5.75 Å². The van der Waals surface area contributed by atoms with Gasteiger partial charge in [0.15, 0.2) is 5.78 Å². The van der Waals surface area contributed by atoms with E-state index in [-0.39, 0.29) is 16.8 Å². The van der Waals surface area contributed by atoms with Crippen molar-refractivity contribution < 1.29 is 13.7 Å². The monoisotopic (exact) mass is 266 g/mol. The van der Waals surface area contributed by atoms with Gasteiger partial charge in [0.25, 0.3) is 0 Å². The van der Waals surface area contributed by atoms with Crippen LogP contribution < -0.4 is 4.74 Å². The molecule has 18 heavy (non-hydrogen) atoms. The molecule has 0 aromatic heterocycles. The van der Waals surface area contributed by atoms with Crippen LogP contribution in [0.1, 0.15) is 36.0 Å². The number of ether oxygens (including phenoxy) is 1. The van der Waals surface area contributed by atoms with Crippen molar-refractivity contribution in [3.05, 3.63) is 29.8 Å². The number of hydrogen-bond donors (Lipinski definition) is 0. The maximum absolute atomic E-state index is 12.0. The van der Waals surface area contributed by atoms with Crippen molar-refractivity contribution in [3.8, 4) is 5.75 Å². The molecule has 0 saturated heterocycles. The zero-order valence-electron chi connectivity index (χ0n) is 10.6. The normalized spacial score (nSPS) is 17.6. The first kappa shape index (κ1) is 13.3. The number of rotatable bonds is 5. The minimum atomic E-state index is -1.01. The predicted molar refractivity (Wildman–Crippen MR) is 72.6 cm³/mol. The number of hydrogen-bond acceptors (Lipinski definition) is 3. The van der Waals surface area contributed by atoms with Crippen molar-refractivity contribution in [1.29, 1.82) is 0 Å². The van der Waals surface area contributed by atoms with Crippen molar-refractivity contribution in [3.63, 3.8) is 0 Å². The van der Waals surface area contributed by atoms with Gasteiger partial charge in [-0.25, -0.2) is 0 Å². The molecule has 1 aliphatic carbocycles. The van der Waals surface area contributed by atoms with Gasteiger partial charge in [-0.3, -0.25) is 9.00 Å². The van der Waals surface area contributed by atoms with Crippen molar-refractivity contribution in [1.82, 2.24) is 0 Å². The second-order valence-electron chi connectivity index (χ2n) is 4.58. The topological polar surface area (TPSA) is 43.4 Å². The van der Waals surface area contributed by atoms with Crippen molar-refractivity contribution in [2.75, 3.05) is 12.9 Å². The largest absolute Gasteiger partial charge is 0.497 e. The van der Waals surface area contributed by atoms with Gasteiger partial charge in [0, 0.05) is 21.6 Å². The van der Waals surface area contributed by atoms with E-state index in [0.717, 1.165) is 31.4 Å². The van der Waals surface area contributed by atoms with E-state index in [0.29, 0.717) is 5.56 Å². The quantitative estimate of drug-likeness (QED) is 0.769. The fraction of sp³-hybridized carbons (Fsp3) is 0.500. The highest BCUT2D eigenvalue weighted by molar-refractivity contribution is 7.86. The highest BCUT2D eigenvalue weighted by atomic mass is 32.2. The molecule has 1 saturated carbocycles. The molecule has 0 bridgehead atoms. The molecule has 3 nitrogen and oxygen atoms in total. The Morgan fingerprint density at radius 3 is 2.44 bits per heavy atom. The van der Waals surface area contributed by atoms with Gasteiger partial charge < -0.3 is 4.74 Å². The summed E-state index contributed by atoms with van der Waals surface area (Å²) in [6, 6.07) is 6.97. The Kier molecular flexibility index (Phi) is 4.53. The third-order valence-corrected chi connectivity index (χ3v) is 5.12. The molecule has 1 aromatic carbocycles. The molecule has 0 aliphatic heterocycles. The van der Waals surface area contributed by atoms with Gasteiger partial charge in [-0.2, -0.15) is 0 Å². The number of carbonyl (C=O) groups excluding carboxylic acids is 1. The van der Waals surface area contributed by atoms with Crippen LogP contribution in [0.25, 0.3) is 0 Å². The van der Waals surface area contributed by atoms with E-state index >= 15 is 0 Å². The molecule has 0 radical (unpaired) electrons. The first-order chi connectivity index (χ1) is 8.70. The lowest BCUT2D eigenvalue weighted by Crippen LogP contribution is -2.19. The summed E-state index contributed by atoms with van der Waals surface area (Å²) < 4.78 is 17.1. The van der Waals surface area contributed by atoms with Gasteiger partial charge in [-0.05, 0) is 37.1 Å². The lowest BCUT2D eigenvalue weighted by molar-refractivity contribution is 0.102. The molecule has 4 heteroatoms. The molecular weight excluding hydrogens is 248 g/mol. The number of benzene rings is 1. The third-order valence-electron chi connectivity index (χ3n) is 3.36. The fourth-order valence-corrected chi connectivity index (χ4v) is 3.78. The van der Waals surface area contributed by atoms with Crippen molar-refractivity contribution in [2.24, 2.45) is 0 Å². The summed E-state index contributed by atoms with van der Waals surface area (Å²) in [7, 11) is 0.575. The van der Waals surface area contributed by atoms with Crippen LogP contribution in [0.4, 0.5) is 0 Å². The summed E-state index contributed by atoms with van der Waals surface area (Å²) in [5.74, 6) is 0.836. The average Bonchev–Trinajstić information content (AvgIpc) is 2.92. The Morgan fingerprint density at radius 2 is 1.89 bits per heavy atom. The lowest BCUT2D eigenvalue weighted by atomic mass is 10.1. The van der Waals surface area contributed by atoms with Crippen LogP contribution in [0.2, 0.25) is 0 Å². The van der Waals surface area contributed by atoms with E-state index in [4.69, 9.17) is 4.74 Å². The molecule has 0 N–H and O–H groups in total. The lowest BCUT2D eigenvalue weighted by Gasteiger charge is -2.08. The van der Waals surface area contributed by atoms with E-state index in [2.05, 4.69) is 0 Å². The van der Waals surface area contributed by atoms with Crippen LogP contribution in [-0.4, -0.2) is 28.1 Å². The Hall–Kier alpha value is -1.16. The van der Waals surface area contributed by atoms with Gasteiger partial charge in [0.05, 0.1) is 12.9 Å². The zero-order valence-corrected chi connectivity index (χ0v) is 11.4. The predicted octanol–water partition coefficient (Wildman–Crippen LogP) is 2.57. The highest BCUT2D eigenvalue weighted by Gasteiger charge is 2.23. The molecule has 0 spiro atoms. The van der Waals surface area contributed by atoms with Gasteiger partial charge in [-0.15, -0.1) is 0 Å². The molecule has 0 heterocycles. The van der Waals surface area contributed by atoms with Crippen LogP contribution in [0, 0.1) is 0 Å². The molecule has 98 valence electrons. The molecule has 0 amide bonds. The van der Waals surface area contributed by atoms with Gasteiger partial charge >= 0.3 is 0 Å². The van der Waals surface area contributed by atoms with Crippen LogP contribution >= 0.6 is 0 Å². The Labute approximate surface area is 110 Å². The maximum atomic E-state index is 12.0. The summed E-state index contributed by atoms with van der Waals surface area (Å²) in [4.78, 5) is 12.0. The summed E-state index contributed by atoms with van der Waals surface area (Å²) in [6.07, 6.45) is 4.30. The Balaban J connectivity index is 1.95. The van der Waals surface area contributed by atoms with Crippen molar-refractivity contribution >= 4 is 16.6 Å². The average molecular weight is 266 g/mol. The summed E-state index contributed by atoms with van der Waals surface area (Å²) in [5, 5.41) is 0.229. The third kappa shape index (κ3) is 3.19. The van der Waals surface area contributed by atoms with Crippen molar-refractivity contribution in [2.45, 2.75) is 30.9 Å². The minimum absolute atomic E-state index is 0.0390. The van der Waals surface area contributed by atoms with E-state index in [1.165, 1.54) is 0 Å². The number of ketones is 1. The molecule has 1 unspecified atom stereocenters. The molecule has 1 aromatic rings. The summed E-state index contributed by atoms with van der Waals surface area (Å²) >= 11 is 0. The molecule has 1 fully saturated rings. The molecule has 1 atom stereocenters. The molecule has 2 rings (SSSR count). The fourth-order valence-electron chi connectivity index (χ4n) is 2.26. The van der Waals surface area contributed by atoms with Crippen LogP contribution in [0.5, 0.6) is 5.75 Å². The first-order valence-corrected chi connectivity index (χ1v) is 7.63. The Bertz CT molecular complexity index is 433. The first-order valence-electron chi connectivity index (χ1n) is 6.25. The molecule has 1 aliphatic rings. The second kappa shape index (κ2) is 6.14. The van der Waals surface area contributed by atoms with Crippen LogP contribution in [0.15, 0.2) is 24.3 Å². The van der Waals surface area contributed by atoms with E-state index < -0.39 is 10.8 Å². The minimum Gasteiger partial charge on any atom is -0.497 e. The highest BCUT2D eigenvalue weighted by Crippen LogP contribution is 2.23. The SMILES string of the molecule is COc1ccc(C(=O)CS(=O)C2CCCC2)cc1. The number of carbonyl (C=O) groups is 1. The van der Waals surface area contributed by atoms with E-state index in [1.54, 1.807) is 31.4 Å². The number of Topliss-reactive ketones (excluding diaryl/α,β-unsaturated/α-hetero) is 1. The maximum Gasteiger partial charge on any atom is 0.175 e. The smallest absolute Gasteiger partial charge is 0.175 e. The zero-order chi connectivity index (χ0) is 13.0. The molecular formula is C14H18O3S. The van der Waals surface area contributed by atoms with E-state index in [9.17, 15) is 9.00 Å². The number of methoxy groups -OCH3 is 1. The van der Waals surface area contributed by atoms with Crippen LogP contribution in [-0.2, 0) is 10.8 Å². The van der Waals surface area contributed by atoms with Crippen LogP contribution in [0.3, 0.4) is 0 Å².